The van der Waals surface area contributed by atoms with Crippen LogP contribution in [0.1, 0.15) is 32.1 Å². The zero-order valence-electron chi connectivity index (χ0n) is 17.9. The van der Waals surface area contributed by atoms with E-state index in [1.165, 1.54) is 6.42 Å². The normalized spacial score (nSPS) is 18.0. The van der Waals surface area contributed by atoms with E-state index in [4.69, 9.17) is 16.6 Å². The van der Waals surface area contributed by atoms with Gasteiger partial charge in [0.15, 0.2) is 0 Å². The fourth-order valence-electron chi connectivity index (χ4n) is 4.89. The molecule has 0 bridgehead atoms. The minimum atomic E-state index is 0.140. The van der Waals surface area contributed by atoms with Crippen molar-refractivity contribution in [3.63, 3.8) is 0 Å². The first-order valence-corrected chi connectivity index (χ1v) is 11.6. The van der Waals surface area contributed by atoms with Gasteiger partial charge in [-0.05, 0) is 50.3 Å². The third-order valence-electron chi connectivity index (χ3n) is 6.70. The second kappa shape index (κ2) is 8.50. The van der Waals surface area contributed by atoms with E-state index in [2.05, 4.69) is 25.4 Å². The van der Waals surface area contributed by atoms with Crippen molar-refractivity contribution in [3.05, 3.63) is 41.6 Å². The van der Waals surface area contributed by atoms with Gasteiger partial charge in [-0.1, -0.05) is 23.7 Å². The average molecular weight is 438 g/mol. The molecule has 7 heteroatoms. The zero-order chi connectivity index (χ0) is 21.4. The number of benzene rings is 1. The molecule has 0 unspecified atom stereocenters. The fraction of sp³-hybridized carbons (Fsp3) is 0.458. The Morgan fingerprint density at radius 3 is 2.55 bits per heavy atom. The SMILES string of the molecule is Cn1c(-c2cc(N3CCC(C(=O)N4CCCCC4)CC3)ncc2Cl)nc2ccccc21. The molecule has 2 aliphatic heterocycles. The Bertz CT molecular complexity index is 1100. The average Bonchev–Trinajstić information content (AvgIpc) is 3.16. The molecule has 0 atom stereocenters. The summed E-state index contributed by atoms with van der Waals surface area (Å²) in [5, 5.41) is 0.595. The van der Waals surface area contributed by atoms with Crippen molar-refractivity contribution in [1.29, 1.82) is 0 Å². The topological polar surface area (TPSA) is 54.3 Å². The standard InChI is InChI=1S/C24H28ClN5O/c1-28-21-8-4-3-7-20(21)27-23(28)18-15-22(26-16-19(18)25)29-13-9-17(10-14-29)24(31)30-11-5-2-6-12-30/h3-4,7-8,15-17H,2,5-6,9-14H2,1H3. The summed E-state index contributed by atoms with van der Waals surface area (Å²) < 4.78 is 2.07. The lowest BCUT2D eigenvalue weighted by Crippen LogP contribution is -2.44. The number of nitrogens with zero attached hydrogens (tertiary/aromatic N) is 5. The van der Waals surface area contributed by atoms with Crippen LogP contribution in [0.3, 0.4) is 0 Å². The van der Waals surface area contributed by atoms with Crippen molar-refractivity contribution in [2.75, 3.05) is 31.1 Å². The maximum absolute atomic E-state index is 12.9. The van der Waals surface area contributed by atoms with E-state index in [9.17, 15) is 4.79 Å². The Morgan fingerprint density at radius 1 is 1.06 bits per heavy atom. The van der Waals surface area contributed by atoms with E-state index in [-0.39, 0.29) is 5.92 Å². The van der Waals surface area contributed by atoms with Gasteiger partial charge in [0.05, 0.1) is 16.1 Å². The maximum atomic E-state index is 12.9. The van der Waals surface area contributed by atoms with Crippen LogP contribution in [0.15, 0.2) is 36.5 Å². The number of fused-ring (bicyclic) bond motifs is 1. The van der Waals surface area contributed by atoms with Gasteiger partial charge in [-0.25, -0.2) is 9.97 Å². The first-order chi connectivity index (χ1) is 15.1. The van der Waals surface area contributed by atoms with Gasteiger partial charge in [0, 0.05) is 50.9 Å². The predicted octanol–water partition coefficient (Wildman–Crippen LogP) is 4.52. The third kappa shape index (κ3) is 3.89. The Labute approximate surface area is 187 Å². The minimum Gasteiger partial charge on any atom is -0.357 e. The molecule has 0 radical (unpaired) electrons. The van der Waals surface area contributed by atoms with Crippen LogP contribution in [-0.2, 0) is 11.8 Å². The molecule has 0 spiro atoms. The summed E-state index contributed by atoms with van der Waals surface area (Å²) in [5.41, 5.74) is 2.91. The number of hydrogen-bond acceptors (Lipinski definition) is 4. The van der Waals surface area contributed by atoms with Crippen LogP contribution in [-0.4, -0.2) is 51.5 Å². The van der Waals surface area contributed by atoms with Crippen molar-refractivity contribution >= 4 is 34.4 Å². The Balaban J connectivity index is 1.34. The highest BCUT2D eigenvalue weighted by atomic mass is 35.5. The van der Waals surface area contributed by atoms with Crippen LogP contribution in [0, 0.1) is 5.92 Å². The lowest BCUT2D eigenvalue weighted by molar-refractivity contribution is -0.137. The smallest absolute Gasteiger partial charge is 0.225 e. The Kier molecular flexibility index (Phi) is 5.57. The number of hydrogen-bond donors (Lipinski definition) is 0. The second-order valence-corrected chi connectivity index (χ2v) is 9.06. The predicted molar refractivity (Wildman–Crippen MR) is 124 cm³/mol. The lowest BCUT2D eigenvalue weighted by Gasteiger charge is -2.36. The highest BCUT2D eigenvalue weighted by Gasteiger charge is 2.30. The number of carbonyl (C=O) groups excluding carboxylic acids is 1. The molecule has 2 fully saturated rings. The van der Waals surface area contributed by atoms with Crippen molar-refractivity contribution in [1.82, 2.24) is 19.4 Å². The van der Waals surface area contributed by atoms with Crippen molar-refractivity contribution in [3.8, 4) is 11.4 Å². The number of para-hydroxylation sites is 2. The lowest BCUT2D eigenvalue weighted by atomic mass is 9.94. The van der Waals surface area contributed by atoms with E-state index in [1.54, 1.807) is 6.20 Å². The van der Waals surface area contributed by atoms with Gasteiger partial charge >= 0.3 is 0 Å². The number of piperidine rings is 2. The number of halogens is 1. The molecule has 6 nitrogen and oxygen atoms in total. The molecular formula is C24H28ClN5O. The molecule has 162 valence electrons. The molecule has 0 aliphatic carbocycles. The molecule has 3 aromatic rings. The van der Waals surface area contributed by atoms with Crippen molar-refractivity contribution in [2.24, 2.45) is 13.0 Å². The van der Waals surface area contributed by atoms with Gasteiger partial charge in [0.1, 0.15) is 11.6 Å². The number of aryl methyl sites for hydroxylation is 1. The highest BCUT2D eigenvalue weighted by Crippen LogP contribution is 2.33. The monoisotopic (exact) mass is 437 g/mol. The van der Waals surface area contributed by atoms with Crippen LogP contribution >= 0.6 is 11.6 Å². The third-order valence-corrected chi connectivity index (χ3v) is 7.01. The molecule has 4 heterocycles. The second-order valence-electron chi connectivity index (χ2n) is 8.65. The zero-order valence-corrected chi connectivity index (χ0v) is 18.7. The van der Waals surface area contributed by atoms with Gasteiger partial charge in [0.25, 0.3) is 0 Å². The van der Waals surface area contributed by atoms with Gasteiger partial charge in [-0.2, -0.15) is 0 Å². The fourth-order valence-corrected chi connectivity index (χ4v) is 5.07. The summed E-state index contributed by atoms with van der Waals surface area (Å²) >= 11 is 6.54. The Morgan fingerprint density at radius 2 is 1.81 bits per heavy atom. The molecule has 0 N–H and O–H groups in total. The summed E-state index contributed by atoms with van der Waals surface area (Å²) in [4.78, 5) is 26.6. The number of likely N-dealkylation sites (tertiary alicyclic amines) is 1. The molecule has 2 aliphatic rings. The first kappa shape index (κ1) is 20.3. The van der Waals surface area contributed by atoms with Crippen LogP contribution in [0.4, 0.5) is 5.82 Å². The number of amides is 1. The van der Waals surface area contributed by atoms with E-state index in [1.807, 2.05) is 31.3 Å². The molecule has 2 saturated heterocycles. The van der Waals surface area contributed by atoms with E-state index >= 15 is 0 Å². The van der Waals surface area contributed by atoms with E-state index in [0.29, 0.717) is 10.9 Å². The molecule has 5 rings (SSSR count). The van der Waals surface area contributed by atoms with Crippen LogP contribution in [0.5, 0.6) is 0 Å². The summed E-state index contributed by atoms with van der Waals surface area (Å²) in [6, 6.07) is 10.1. The van der Waals surface area contributed by atoms with Gasteiger partial charge < -0.3 is 14.4 Å². The molecule has 2 aromatic heterocycles. The molecular weight excluding hydrogens is 410 g/mol. The summed E-state index contributed by atoms with van der Waals surface area (Å²) in [7, 11) is 2.01. The number of carbonyl (C=O) groups is 1. The van der Waals surface area contributed by atoms with Gasteiger partial charge in [-0.15, -0.1) is 0 Å². The quantitative estimate of drug-likeness (QED) is 0.604. The van der Waals surface area contributed by atoms with Gasteiger partial charge in [0.2, 0.25) is 5.91 Å². The van der Waals surface area contributed by atoms with Crippen LogP contribution < -0.4 is 4.90 Å². The summed E-state index contributed by atoms with van der Waals surface area (Å²) in [6.45, 7) is 3.53. The number of anilines is 1. The maximum Gasteiger partial charge on any atom is 0.225 e. The molecule has 31 heavy (non-hydrogen) atoms. The largest absolute Gasteiger partial charge is 0.357 e. The number of imidazole rings is 1. The van der Waals surface area contributed by atoms with Crippen molar-refractivity contribution in [2.45, 2.75) is 32.1 Å². The highest BCUT2D eigenvalue weighted by molar-refractivity contribution is 6.33. The summed E-state index contributed by atoms with van der Waals surface area (Å²) in [5.74, 6) is 2.23. The number of pyridine rings is 1. The molecule has 1 amide bonds. The van der Waals surface area contributed by atoms with E-state index < -0.39 is 0 Å². The van der Waals surface area contributed by atoms with Crippen LogP contribution in [0.2, 0.25) is 5.02 Å². The van der Waals surface area contributed by atoms with Crippen molar-refractivity contribution < 1.29 is 4.79 Å². The molecule has 1 aromatic carbocycles. The molecule has 0 saturated carbocycles. The van der Waals surface area contributed by atoms with Gasteiger partial charge in [-0.3, -0.25) is 4.79 Å². The van der Waals surface area contributed by atoms with Crippen LogP contribution in [0.25, 0.3) is 22.4 Å². The summed E-state index contributed by atoms with van der Waals surface area (Å²) in [6.07, 6.45) is 7.01. The number of aromatic nitrogens is 3. The number of rotatable bonds is 3. The van der Waals surface area contributed by atoms with E-state index in [0.717, 1.165) is 80.1 Å². The minimum absolute atomic E-state index is 0.140. The Hall–Kier alpha value is -2.60. The first-order valence-electron chi connectivity index (χ1n) is 11.2.